The zero-order valence-corrected chi connectivity index (χ0v) is 14.5. The van der Waals surface area contributed by atoms with E-state index in [0.717, 1.165) is 16.2 Å². The van der Waals surface area contributed by atoms with E-state index in [-0.39, 0.29) is 11.9 Å². The molecule has 0 aliphatic heterocycles. The third-order valence-electron chi connectivity index (χ3n) is 3.51. The minimum absolute atomic E-state index is 0.0872. The van der Waals surface area contributed by atoms with E-state index in [9.17, 15) is 4.79 Å². The summed E-state index contributed by atoms with van der Waals surface area (Å²) >= 11 is 1.61. The Kier molecular flexibility index (Phi) is 6.38. The van der Waals surface area contributed by atoms with Crippen molar-refractivity contribution in [1.29, 1.82) is 0 Å². The average Bonchev–Trinajstić information content (AvgIpc) is 3.06. The fourth-order valence-corrected chi connectivity index (χ4v) is 2.87. The van der Waals surface area contributed by atoms with Crippen LogP contribution in [0.4, 0.5) is 0 Å². The number of thiophene rings is 1. The fraction of sp³-hybridized carbons (Fsp3) is 0.278. The second-order valence-corrected chi connectivity index (χ2v) is 6.33. The number of carbonyl (C=O) groups excluding carboxylic acids is 1. The first kappa shape index (κ1) is 17.2. The molecule has 0 aliphatic rings. The van der Waals surface area contributed by atoms with Gasteiger partial charge in [0.15, 0.2) is 0 Å². The van der Waals surface area contributed by atoms with Crippen molar-refractivity contribution in [2.45, 2.75) is 6.04 Å². The number of benzene rings is 1. The van der Waals surface area contributed by atoms with E-state index in [0.29, 0.717) is 6.54 Å². The Balaban J connectivity index is 1.98. The predicted molar refractivity (Wildman–Crippen MR) is 95.8 cm³/mol. The van der Waals surface area contributed by atoms with Crippen molar-refractivity contribution in [1.82, 2.24) is 10.2 Å². The summed E-state index contributed by atoms with van der Waals surface area (Å²) in [4.78, 5) is 15.1. The molecule has 2 aromatic rings. The highest BCUT2D eigenvalue weighted by molar-refractivity contribution is 7.10. The summed E-state index contributed by atoms with van der Waals surface area (Å²) in [5.74, 6) is 0.728. The standard InChI is InChI=1S/C18H22N2O2S/c1-20(2)17(14-6-4-7-15(12-14)22-3)13-19-18(21)10-9-16-8-5-11-23-16/h4-12,17H,13H2,1-3H3,(H,19,21)/b10-9+/t17-/m0/s1. The molecule has 122 valence electrons. The molecule has 1 atom stereocenters. The number of carbonyl (C=O) groups is 1. The second-order valence-electron chi connectivity index (χ2n) is 5.35. The number of ether oxygens (including phenoxy) is 1. The smallest absolute Gasteiger partial charge is 0.244 e. The molecule has 0 unspecified atom stereocenters. The van der Waals surface area contributed by atoms with Crippen molar-refractivity contribution in [2.75, 3.05) is 27.7 Å². The Bertz CT molecular complexity index is 651. The Morgan fingerprint density at radius 2 is 2.17 bits per heavy atom. The monoisotopic (exact) mass is 330 g/mol. The van der Waals surface area contributed by atoms with Crippen LogP contribution in [0.25, 0.3) is 6.08 Å². The molecule has 5 heteroatoms. The lowest BCUT2D eigenvalue weighted by Crippen LogP contribution is -2.33. The van der Waals surface area contributed by atoms with Gasteiger partial charge in [0.1, 0.15) is 5.75 Å². The van der Waals surface area contributed by atoms with Crippen molar-refractivity contribution in [3.05, 3.63) is 58.3 Å². The zero-order valence-electron chi connectivity index (χ0n) is 13.7. The van der Waals surface area contributed by atoms with Crippen LogP contribution < -0.4 is 10.1 Å². The minimum atomic E-state index is -0.0897. The number of likely N-dealkylation sites (N-methyl/N-ethyl adjacent to an activating group) is 1. The maximum Gasteiger partial charge on any atom is 0.244 e. The molecule has 23 heavy (non-hydrogen) atoms. The first-order valence-electron chi connectivity index (χ1n) is 7.40. The van der Waals surface area contributed by atoms with Crippen molar-refractivity contribution in [3.63, 3.8) is 0 Å². The van der Waals surface area contributed by atoms with Gasteiger partial charge in [0.2, 0.25) is 5.91 Å². The molecule has 1 heterocycles. The highest BCUT2D eigenvalue weighted by atomic mass is 32.1. The van der Waals surface area contributed by atoms with Crippen molar-refractivity contribution >= 4 is 23.3 Å². The predicted octanol–water partition coefficient (Wildman–Crippen LogP) is 3.19. The highest BCUT2D eigenvalue weighted by Gasteiger charge is 2.15. The van der Waals surface area contributed by atoms with Gasteiger partial charge in [-0.1, -0.05) is 18.2 Å². The van der Waals surface area contributed by atoms with Gasteiger partial charge >= 0.3 is 0 Å². The molecule has 0 bridgehead atoms. The minimum Gasteiger partial charge on any atom is -0.497 e. The van der Waals surface area contributed by atoms with Crippen LogP contribution in [0.3, 0.4) is 0 Å². The highest BCUT2D eigenvalue weighted by Crippen LogP contribution is 2.22. The van der Waals surface area contributed by atoms with E-state index in [2.05, 4.69) is 10.2 Å². The van der Waals surface area contributed by atoms with E-state index in [4.69, 9.17) is 4.74 Å². The third kappa shape index (κ3) is 5.23. The van der Waals surface area contributed by atoms with Gasteiger partial charge in [0.25, 0.3) is 0 Å². The van der Waals surface area contributed by atoms with E-state index in [1.807, 2.05) is 61.9 Å². The van der Waals surface area contributed by atoms with Gasteiger partial charge in [0.05, 0.1) is 13.2 Å². The van der Waals surface area contributed by atoms with Crippen molar-refractivity contribution < 1.29 is 9.53 Å². The summed E-state index contributed by atoms with van der Waals surface area (Å²) in [6.07, 6.45) is 3.40. The van der Waals surface area contributed by atoms with Gasteiger partial charge in [-0.15, -0.1) is 11.3 Å². The van der Waals surface area contributed by atoms with Crippen LogP contribution >= 0.6 is 11.3 Å². The zero-order chi connectivity index (χ0) is 16.7. The molecule has 0 saturated carbocycles. The Morgan fingerprint density at radius 1 is 1.35 bits per heavy atom. The quantitative estimate of drug-likeness (QED) is 0.793. The summed E-state index contributed by atoms with van der Waals surface area (Å²) in [7, 11) is 5.65. The topological polar surface area (TPSA) is 41.6 Å². The molecule has 1 aromatic heterocycles. The largest absolute Gasteiger partial charge is 0.497 e. The fourth-order valence-electron chi connectivity index (χ4n) is 2.25. The second kappa shape index (κ2) is 8.50. The van der Waals surface area contributed by atoms with Crippen LogP contribution in [0.1, 0.15) is 16.5 Å². The van der Waals surface area contributed by atoms with Crippen LogP contribution in [-0.2, 0) is 4.79 Å². The average molecular weight is 330 g/mol. The third-order valence-corrected chi connectivity index (χ3v) is 4.35. The molecule has 0 aliphatic carbocycles. The molecule has 1 amide bonds. The van der Waals surface area contributed by atoms with E-state index >= 15 is 0 Å². The summed E-state index contributed by atoms with van der Waals surface area (Å²) in [6, 6.07) is 11.9. The van der Waals surface area contributed by atoms with Gasteiger partial charge in [-0.3, -0.25) is 4.79 Å². The number of methoxy groups -OCH3 is 1. The summed E-state index contributed by atoms with van der Waals surface area (Å²) in [5.41, 5.74) is 1.11. The molecular formula is C18H22N2O2S. The summed E-state index contributed by atoms with van der Waals surface area (Å²) in [6.45, 7) is 0.535. The van der Waals surface area contributed by atoms with Gasteiger partial charge < -0.3 is 15.0 Å². The number of hydrogen-bond donors (Lipinski definition) is 1. The molecule has 4 nitrogen and oxygen atoms in total. The Labute approximate surface area is 141 Å². The lowest BCUT2D eigenvalue weighted by atomic mass is 10.1. The number of nitrogens with one attached hydrogen (secondary N) is 1. The van der Waals surface area contributed by atoms with Crippen molar-refractivity contribution in [3.8, 4) is 5.75 Å². The summed E-state index contributed by atoms with van der Waals surface area (Å²) < 4.78 is 5.27. The first-order valence-corrected chi connectivity index (χ1v) is 8.28. The molecule has 0 radical (unpaired) electrons. The molecule has 0 fully saturated rings. The van der Waals surface area contributed by atoms with Crippen LogP contribution in [0, 0.1) is 0 Å². The Morgan fingerprint density at radius 3 is 2.83 bits per heavy atom. The number of rotatable bonds is 7. The molecule has 1 N–H and O–H groups in total. The lowest BCUT2D eigenvalue weighted by molar-refractivity contribution is -0.116. The van der Waals surface area contributed by atoms with Crippen LogP contribution in [0.2, 0.25) is 0 Å². The maximum absolute atomic E-state index is 12.0. The molecule has 0 saturated heterocycles. The number of nitrogens with zero attached hydrogens (tertiary/aromatic N) is 1. The molecular weight excluding hydrogens is 308 g/mol. The van der Waals surface area contributed by atoms with Crippen LogP contribution in [0.5, 0.6) is 5.75 Å². The maximum atomic E-state index is 12.0. The number of hydrogen-bond acceptors (Lipinski definition) is 4. The Hall–Kier alpha value is -2.11. The van der Waals surface area contributed by atoms with Crippen molar-refractivity contribution in [2.24, 2.45) is 0 Å². The SMILES string of the molecule is COc1cccc([C@H](CNC(=O)/C=C/c2cccs2)N(C)C)c1. The van der Waals surface area contributed by atoms with Gasteiger partial charge in [-0.2, -0.15) is 0 Å². The van der Waals surface area contributed by atoms with E-state index in [1.54, 1.807) is 24.5 Å². The van der Waals surface area contributed by atoms with Crippen LogP contribution in [0.15, 0.2) is 47.9 Å². The lowest BCUT2D eigenvalue weighted by Gasteiger charge is -2.25. The first-order chi connectivity index (χ1) is 11.1. The number of amides is 1. The van der Waals surface area contributed by atoms with Crippen LogP contribution in [-0.4, -0.2) is 38.6 Å². The molecule has 1 aromatic carbocycles. The van der Waals surface area contributed by atoms with E-state index < -0.39 is 0 Å². The van der Waals surface area contributed by atoms with Gasteiger partial charge in [-0.05, 0) is 49.3 Å². The molecule has 2 rings (SSSR count). The molecule has 0 spiro atoms. The van der Waals surface area contributed by atoms with Gasteiger partial charge in [-0.25, -0.2) is 0 Å². The van der Waals surface area contributed by atoms with Gasteiger partial charge in [0, 0.05) is 17.5 Å². The normalized spacial score (nSPS) is 12.5. The van der Waals surface area contributed by atoms with E-state index in [1.165, 1.54) is 0 Å². The summed E-state index contributed by atoms with van der Waals surface area (Å²) in [5, 5.41) is 4.95.